The zero-order valence-electron chi connectivity index (χ0n) is 21.2. The molecule has 0 fully saturated rings. The van der Waals surface area contributed by atoms with Crippen molar-refractivity contribution in [2.24, 2.45) is 5.92 Å². The van der Waals surface area contributed by atoms with Crippen LogP contribution in [0.15, 0.2) is 79.9 Å². The number of carbonyl (C=O) groups excluding carboxylic acids is 3. The van der Waals surface area contributed by atoms with Crippen molar-refractivity contribution in [3.05, 3.63) is 96.6 Å². The van der Waals surface area contributed by atoms with Crippen LogP contribution in [0.3, 0.4) is 0 Å². The Balaban J connectivity index is 1.70. The molecule has 2 N–H and O–H groups in total. The lowest BCUT2D eigenvalue weighted by Gasteiger charge is -2.36. The molecule has 1 aliphatic heterocycles. The van der Waals surface area contributed by atoms with Crippen LogP contribution in [-0.2, 0) is 32.1 Å². The minimum absolute atomic E-state index is 0.0167. The maximum Gasteiger partial charge on any atom is 0.306 e. The number of hydrogen-bond acceptors (Lipinski definition) is 5. The van der Waals surface area contributed by atoms with E-state index in [2.05, 4.69) is 18.5 Å². The number of rotatable bonds is 13. The second-order valence-corrected chi connectivity index (χ2v) is 9.24. The van der Waals surface area contributed by atoms with E-state index in [1.807, 2.05) is 54.6 Å². The van der Waals surface area contributed by atoms with Crippen LogP contribution in [0.4, 0.5) is 0 Å². The fourth-order valence-electron chi connectivity index (χ4n) is 4.52. The van der Waals surface area contributed by atoms with Crippen LogP contribution < -0.4 is 5.32 Å². The molecule has 0 aliphatic carbocycles. The molecule has 0 aromatic heterocycles. The van der Waals surface area contributed by atoms with Gasteiger partial charge in [0.1, 0.15) is 6.61 Å². The molecule has 0 saturated carbocycles. The van der Waals surface area contributed by atoms with Gasteiger partial charge in [0.2, 0.25) is 11.8 Å². The Bertz CT molecular complexity index is 1080. The van der Waals surface area contributed by atoms with Gasteiger partial charge in [0, 0.05) is 19.4 Å². The molecule has 0 unspecified atom stereocenters. The van der Waals surface area contributed by atoms with Crippen LogP contribution >= 0.6 is 0 Å². The van der Waals surface area contributed by atoms with Gasteiger partial charge in [0.15, 0.2) is 0 Å². The van der Waals surface area contributed by atoms with E-state index in [0.29, 0.717) is 25.8 Å². The second kappa shape index (κ2) is 14.1. The molecule has 37 heavy (non-hydrogen) atoms. The van der Waals surface area contributed by atoms with Crippen molar-refractivity contribution in [3.63, 3.8) is 0 Å². The lowest BCUT2D eigenvalue weighted by molar-refractivity contribution is -0.145. The summed E-state index contributed by atoms with van der Waals surface area (Å²) in [5, 5.41) is 12.9. The fourth-order valence-corrected chi connectivity index (χ4v) is 4.52. The summed E-state index contributed by atoms with van der Waals surface area (Å²) in [6.45, 7) is 7.61. The Hall–Kier alpha value is -3.71. The Morgan fingerprint density at radius 1 is 1.05 bits per heavy atom. The number of amides is 2. The van der Waals surface area contributed by atoms with Crippen LogP contribution in [0.1, 0.15) is 48.4 Å². The van der Waals surface area contributed by atoms with Gasteiger partial charge in [-0.3, -0.25) is 14.4 Å². The zero-order valence-corrected chi connectivity index (χ0v) is 21.2. The lowest BCUT2D eigenvalue weighted by Crippen LogP contribution is -2.47. The first-order valence-electron chi connectivity index (χ1n) is 12.7. The summed E-state index contributed by atoms with van der Waals surface area (Å²) in [5.41, 5.74) is 2.97. The number of ether oxygens (including phenoxy) is 1. The maximum absolute atomic E-state index is 13.4. The standard InChI is InChI=1S/C30H36N2O5/c1-3-5-16-29(35)37-21-27(22-12-7-6-8-13-22)31-30(36)24(11-4-2)18-28(34)32-19-25-15-10-9-14-23(25)17-26(32)20-33/h3-4,6-10,12-15,24,26-27,33H,1-2,5,11,16-21H2,(H,31,36)/t24-,26+,27-/m1/s1. The van der Waals surface area contributed by atoms with Gasteiger partial charge < -0.3 is 20.1 Å². The molecule has 0 saturated heterocycles. The number of esters is 1. The number of benzene rings is 2. The highest BCUT2D eigenvalue weighted by atomic mass is 16.5. The highest BCUT2D eigenvalue weighted by molar-refractivity contribution is 5.86. The fraction of sp³-hybridized carbons (Fsp3) is 0.367. The van der Waals surface area contributed by atoms with Gasteiger partial charge in [0.25, 0.3) is 0 Å². The molecule has 2 aromatic carbocycles. The first kappa shape index (κ1) is 27.9. The number of aliphatic hydroxyl groups is 1. The van der Waals surface area contributed by atoms with Gasteiger partial charge in [-0.25, -0.2) is 0 Å². The van der Waals surface area contributed by atoms with E-state index < -0.39 is 12.0 Å². The van der Waals surface area contributed by atoms with Gasteiger partial charge in [0.05, 0.1) is 24.6 Å². The quantitative estimate of drug-likeness (QED) is 0.319. The van der Waals surface area contributed by atoms with Crippen LogP contribution in [-0.4, -0.2) is 47.0 Å². The first-order valence-corrected chi connectivity index (χ1v) is 12.7. The van der Waals surface area contributed by atoms with Gasteiger partial charge in [-0.2, -0.15) is 0 Å². The van der Waals surface area contributed by atoms with Crippen LogP contribution in [0.5, 0.6) is 0 Å². The van der Waals surface area contributed by atoms with Crippen molar-refractivity contribution in [2.75, 3.05) is 13.2 Å². The van der Waals surface area contributed by atoms with Gasteiger partial charge in [-0.05, 0) is 36.0 Å². The van der Waals surface area contributed by atoms with Crippen LogP contribution in [0.2, 0.25) is 0 Å². The molecule has 0 spiro atoms. The van der Waals surface area contributed by atoms with E-state index in [1.165, 1.54) is 0 Å². The molecule has 2 aromatic rings. The second-order valence-electron chi connectivity index (χ2n) is 9.24. The summed E-state index contributed by atoms with van der Waals surface area (Å²) in [6, 6.07) is 16.3. The number of carbonyl (C=O) groups is 3. The Labute approximate surface area is 218 Å². The van der Waals surface area contributed by atoms with Crippen molar-refractivity contribution in [1.82, 2.24) is 10.2 Å². The third-order valence-corrected chi connectivity index (χ3v) is 6.61. The third kappa shape index (κ3) is 7.89. The molecule has 2 amide bonds. The number of aliphatic hydroxyl groups excluding tert-OH is 1. The van der Waals surface area contributed by atoms with Crippen LogP contribution in [0.25, 0.3) is 0 Å². The molecule has 1 heterocycles. The number of allylic oxidation sites excluding steroid dienone is 2. The Morgan fingerprint density at radius 2 is 1.76 bits per heavy atom. The minimum atomic E-state index is -0.649. The summed E-state index contributed by atoms with van der Waals surface area (Å²) < 4.78 is 5.41. The summed E-state index contributed by atoms with van der Waals surface area (Å²) in [7, 11) is 0. The molecule has 3 atom stereocenters. The van der Waals surface area contributed by atoms with Gasteiger partial charge in [-0.15, -0.1) is 13.2 Å². The topological polar surface area (TPSA) is 95.9 Å². The molecule has 1 aliphatic rings. The lowest BCUT2D eigenvalue weighted by atomic mass is 9.92. The molecular formula is C30H36N2O5. The largest absolute Gasteiger partial charge is 0.463 e. The number of fused-ring (bicyclic) bond motifs is 1. The average Bonchev–Trinajstić information content (AvgIpc) is 2.93. The number of hydrogen-bond donors (Lipinski definition) is 2. The zero-order chi connectivity index (χ0) is 26.6. The molecule has 0 bridgehead atoms. The van der Waals surface area contributed by atoms with E-state index >= 15 is 0 Å². The molecule has 0 radical (unpaired) electrons. The molecule has 7 nitrogen and oxygen atoms in total. The van der Waals surface area contributed by atoms with E-state index in [0.717, 1.165) is 16.7 Å². The SMILES string of the molecule is C=CCCC(=O)OC[C@@H](NC(=O)[C@H](CC=C)CC(=O)N1Cc2ccccc2C[C@H]1CO)c1ccccc1. The minimum Gasteiger partial charge on any atom is -0.463 e. The predicted octanol–water partition coefficient (Wildman–Crippen LogP) is 3.88. The van der Waals surface area contributed by atoms with E-state index in [1.54, 1.807) is 17.1 Å². The third-order valence-electron chi connectivity index (χ3n) is 6.61. The first-order chi connectivity index (χ1) is 18.0. The Morgan fingerprint density at radius 3 is 2.43 bits per heavy atom. The highest BCUT2D eigenvalue weighted by Gasteiger charge is 2.32. The molecular weight excluding hydrogens is 468 g/mol. The van der Waals surface area contributed by atoms with Crippen molar-refractivity contribution in [3.8, 4) is 0 Å². The molecule has 3 rings (SSSR count). The smallest absolute Gasteiger partial charge is 0.306 e. The normalized spacial score (nSPS) is 16.1. The molecule has 196 valence electrons. The van der Waals surface area contributed by atoms with Crippen molar-refractivity contribution in [1.29, 1.82) is 0 Å². The maximum atomic E-state index is 13.4. The monoisotopic (exact) mass is 504 g/mol. The summed E-state index contributed by atoms with van der Waals surface area (Å²) >= 11 is 0. The van der Waals surface area contributed by atoms with Crippen LogP contribution in [0, 0.1) is 5.92 Å². The van der Waals surface area contributed by atoms with Crippen molar-refractivity contribution < 1.29 is 24.2 Å². The van der Waals surface area contributed by atoms with E-state index in [4.69, 9.17) is 4.74 Å². The van der Waals surface area contributed by atoms with Gasteiger partial charge >= 0.3 is 5.97 Å². The Kier molecular flexibility index (Phi) is 10.6. The van der Waals surface area contributed by atoms with Gasteiger partial charge in [-0.1, -0.05) is 66.7 Å². The average molecular weight is 505 g/mol. The predicted molar refractivity (Wildman–Crippen MR) is 142 cm³/mol. The number of nitrogens with one attached hydrogen (secondary N) is 1. The summed E-state index contributed by atoms with van der Waals surface area (Å²) in [5.74, 6) is -1.53. The highest BCUT2D eigenvalue weighted by Crippen LogP contribution is 2.25. The summed E-state index contributed by atoms with van der Waals surface area (Å²) in [6.07, 6.45) is 4.88. The molecule has 7 heteroatoms. The van der Waals surface area contributed by atoms with Crippen molar-refractivity contribution in [2.45, 2.75) is 50.7 Å². The number of nitrogens with zero attached hydrogens (tertiary/aromatic N) is 1. The van der Waals surface area contributed by atoms with E-state index in [-0.39, 0.29) is 49.9 Å². The van der Waals surface area contributed by atoms with E-state index in [9.17, 15) is 19.5 Å². The summed E-state index contributed by atoms with van der Waals surface area (Å²) in [4.78, 5) is 40.5. The van der Waals surface area contributed by atoms with Crippen molar-refractivity contribution >= 4 is 17.8 Å².